The fourth-order valence-corrected chi connectivity index (χ4v) is 4.25. The Kier molecular flexibility index (Phi) is 7.26. The quantitative estimate of drug-likeness (QED) is 0.666. The number of carbonyl (C=O) groups is 2. The van der Waals surface area contributed by atoms with E-state index in [1.165, 1.54) is 19.2 Å². The molecule has 0 aliphatic heterocycles. The average molecular weight is 439 g/mol. The first-order valence-corrected chi connectivity index (χ1v) is 11.1. The summed E-state index contributed by atoms with van der Waals surface area (Å²) in [6.45, 7) is 3.50. The summed E-state index contributed by atoms with van der Waals surface area (Å²) >= 11 is 6.16. The van der Waals surface area contributed by atoms with Crippen LogP contribution in [-0.2, 0) is 19.6 Å². The van der Waals surface area contributed by atoms with E-state index in [0.717, 1.165) is 16.1 Å². The maximum Gasteiger partial charge on any atom is 0.339 e. The number of anilines is 2. The molecule has 2 aromatic carbocycles. The topological polar surface area (TPSA) is 92.8 Å². The van der Waals surface area contributed by atoms with Crippen LogP contribution in [0, 0.1) is 6.92 Å². The van der Waals surface area contributed by atoms with Gasteiger partial charge in [-0.25, -0.2) is 13.2 Å². The third-order valence-corrected chi connectivity index (χ3v) is 5.92. The molecule has 0 aliphatic carbocycles. The molecule has 2 rings (SSSR count). The Morgan fingerprint density at radius 1 is 1.21 bits per heavy atom. The summed E-state index contributed by atoms with van der Waals surface area (Å²) in [7, 11) is -2.57. The Hall–Kier alpha value is -2.58. The number of hydrogen-bond acceptors (Lipinski definition) is 5. The highest BCUT2D eigenvalue weighted by Crippen LogP contribution is 2.28. The van der Waals surface area contributed by atoms with Crippen LogP contribution >= 0.6 is 11.6 Å². The van der Waals surface area contributed by atoms with Crippen molar-refractivity contribution in [1.29, 1.82) is 0 Å². The van der Waals surface area contributed by atoms with Gasteiger partial charge >= 0.3 is 5.97 Å². The largest absolute Gasteiger partial charge is 0.465 e. The number of methoxy groups -OCH3 is 1. The number of rotatable bonds is 7. The summed E-state index contributed by atoms with van der Waals surface area (Å²) in [5.74, 6) is -1.19. The smallest absolute Gasteiger partial charge is 0.339 e. The lowest BCUT2D eigenvalue weighted by atomic mass is 10.1. The van der Waals surface area contributed by atoms with Crippen LogP contribution in [0.3, 0.4) is 0 Å². The molecule has 1 amide bonds. The maximum absolute atomic E-state index is 13.0. The van der Waals surface area contributed by atoms with Crippen LogP contribution in [0.15, 0.2) is 42.5 Å². The van der Waals surface area contributed by atoms with Crippen molar-refractivity contribution in [3.8, 4) is 0 Å². The molecule has 0 aromatic heterocycles. The van der Waals surface area contributed by atoms with E-state index in [0.29, 0.717) is 5.02 Å². The lowest BCUT2D eigenvalue weighted by molar-refractivity contribution is -0.117. The molecule has 1 atom stereocenters. The Balaban J connectivity index is 2.45. The third-order valence-electron chi connectivity index (χ3n) is 4.33. The number of amides is 1. The molecule has 1 N–H and O–H groups in total. The molecule has 29 heavy (non-hydrogen) atoms. The van der Waals surface area contributed by atoms with Crippen molar-refractivity contribution in [2.45, 2.75) is 26.3 Å². The molecule has 0 unspecified atom stereocenters. The molecule has 9 heteroatoms. The first-order chi connectivity index (χ1) is 13.6. The van der Waals surface area contributed by atoms with E-state index in [2.05, 4.69) is 5.32 Å². The van der Waals surface area contributed by atoms with Gasteiger partial charge in [-0.05, 0) is 43.2 Å². The summed E-state index contributed by atoms with van der Waals surface area (Å²) in [4.78, 5) is 25.0. The minimum absolute atomic E-state index is 0.169. The summed E-state index contributed by atoms with van der Waals surface area (Å²) in [6.07, 6.45) is 1.23. The highest BCUT2D eigenvalue weighted by Gasteiger charge is 2.32. The van der Waals surface area contributed by atoms with Crippen LogP contribution in [0.2, 0.25) is 5.02 Å². The van der Waals surface area contributed by atoms with Gasteiger partial charge < -0.3 is 10.1 Å². The molecule has 7 nitrogen and oxygen atoms in total. The zero-order valence-electron chi connectivity index (χ0n) is 16.6. The number of hydrogen-bond donors (Lipinski definition) is 1. The van der Waals surface area contributed by atoms with Crippen molar-refractivity contribution < 1.29 is 22.7 Å². The number of ether oxygens (including phenoxy) is 1. The predicted octanol–water partition coefficient (Wildman–Crippen LogP) is 3.62. The average Bonchev–Trinajstić information content (AvgIpc) is 2.67. The van der Waals surface area contributed by atoms with E-state index in [1.807, 2.05) is 0 Å². The molecule has 0 fully saturated rings. The van der Waals surface area contributed by atoms with Crippen LogP contribution in [-0.4, -0.2) is 39.7 Å². The molecular formula is C20H23ClN2O5S. The van der Waals surface area contributed by atoms with E-state index in [-0.39, 0.29) is 23.4 Å². The Labute approximate surface area is 175 Å². The summed E-state index contributed by atoms with van der Waals surface area (Å²) in [5.41, 5.74) is 1.47. The first kappa shape index (κ1) is 22.7. The summed E-state index contributed by atoms with van der Waals surface area (Å²) in [5, 5.41) is 3.04. The zero-order valence-corrected chi connectivity index (χ0v) is 18.2. The predicted molar refractivity (Wildman–Crippen MR) is 114 cm³/mol. The van der Waals surface area contributed by atoms with Crippen molar-refractivity contribution in [1.82, 2.24) is 0 Å². The number of benzene rings is 2. The van der Waals surface area contributed by atoms with Crippen molar-refractivity contribution >= 4 is 44.9 Å². The van der Waals surface area contributed by atoms with E-state index in [1.54, 1.807) is 44.2 Å². The van der Waals surface area contributed by atoms with Gasteiger partial charge in [-0.2, -0.15) is 0 Å². The highest BCUT2D eigenvalue weighted by molar-refractivity contribution is 7.92. The second-order valence-corrected chi connectivity index (χ2v) is 8.71. The van der Waals surface area contributed by atoms with Gasteiger partial charge in [0.2, 0.25) is 15.9 Å². The lowest BCUT2D eigenvalue weighted by Gasteiger charge is -2.30. The van der Waals surface area contributed by atoms with Gasteiger partial charge in [-0.1, -0.05) is 36.7 Å². The first-order valence-electron chi connectivity index (χ1n) is 8.83. The van der Waals surface area contributed by atoms with Crippen molar-refractivity contribution in [2.24, 2.45) is 0 Å². The molecular weight excluding hydrogens is 416 g/mol. The maximum atomic E-state index is 13.0. The number of nitrogens with zero attached hydrogens (tertiary/aromatic N) is 1. The number of aryl methyl sites for hydroxylation is 1. The molecule has 156 valence electrons. The lowest BCUT2D eigenvalue weighted by Crippen LogP contribution is -2.47. The Morgan fingerprint density at radius 2 is 1.86 bits per heavy atom. The van der Waals surface area contributed by atoms with Crippen LogP contribution in [0.1, 0.15) is 29.3 Å². The summed E-state index contributed by atoms with van der Waals surface area (Å²) in [6, 6.07) is 10.1. The van der Waals surface area contributed by atoms with Gasteiger partial charge in [0.15, 0.2) is 0 Å². The molecule has 0 saturated heterocycles. The normalized spacial score (nSPS) is 12.2. The van der Waals surface area contributed by atoms with Crippen LogP contribution in [0.25, 0.3) is 0 Å². The Bertz CT molecular complexity index is 1020. The van der Waals surface area contributed by atoms with Gasteiger partial charge in [0.25, 0.3) is 0 Å². The van der Waals surface area contributed by atoms with Crippen molar-refractivity contribution in [3.63, 3.8) is 0 Å². The minimum Gasteiger partial charge on any atom is -0.465 e. The van der Waals surface area contributed by atoms with Gasteiger partial charge in [0.05, 0.1) is 30.3 Å². The van der Waals surface area contributed by atoms with Crippen molar-refractivity contribution in [2.75, 3.05) is 23.0 Å². The standard InChI is InChI=1S/C20H23ClN2O5S/c1-5-18(19(24)22-17-9-7-6-8-15(17)20(25)28-3)23(29(4,26)27)14-11-10-13(2)16(21)12-14/h6-12,18H,5H2,1-4H3,(H,22,24)/t18-/m0/s1. The molecule has 0 bridgehead atoms. The molecule has 0 aliphatic rings. The number of esters is 1. The molecule has 0 heterocycles. The minimum atomic E-state index is -3.81. The SMILES string of the molecule is CC[C@@H](C(=O)Nc1ccccc1C(=O)OC)N(c1ccc(C)c(Cl)c1)S(C)(=O)=O. The second-order valence-electron chi connectivity index (χ2n) is 6.44. The van der Waals surface area contributed by atoms with E-state index in [9.17, 15) is 18.0 Å². The number of halogens is 1. The highest BCUT2D eigenvalue weighted by atomic mass is 35.5. The van der Waals surface area contributed by atoms with Gasteiger partial charge in [-0.15, -0.1) is 0 Å². The van der Waals surface area contributed by atoms with Gasteiger partial charge in [-0.3, -0.25) is 9.10 Å². The number of para-hydroxylation sites is 1. The fraction of sp³-hybridized carbons (Fsp3) is 0.300. The van der Waals surface area contributed by atoms with Crippen LogP contribution in [0.5, 0.6) is 0 Å². The number of nitrogens with one attached hydrogen (secondary N) is 1. The number of sulfonamides is 1. The van der Waals surface area contributed by atoms with Crippen LogP contribution < -0.4 is 9.62 Å². The Morgan fingerprint density at radius 3 is 2.41 bits per heavy atom. The second kappa shape index (κ2) is 9.28. The van der Waals surface area contributed by atoms with E-state index < -0.39 is 27.9 Å². The summed E-state index contributed by atoms with van der Waals surface area (Å²) < 4.78 is 30.8. The molecule has 2 aromatic rings. The zero-order chi connectivity index (χ0) is 21.8. The van der Waals surface area contributed by atoms with E-state index in [4.69, 9.17) is 16.3 Å². The van der Waals surface area contributed by atoms with Gasteiger partial charge in [0.1, 0.15) is 6.04 Å². The van der Waals surface area contributed by atoms with Crippen LogP contribution in [0.4, 0.5) is 11.4 Å². The third kappa shape index (κ3) is 5.27. The monoisotopic (exact) mass is 438 g/mol. The van der Waals surface area contributed by atoms with Gasteiger partial charge in [0, 0.05) is 5.02 Å². The number of carbonyl (C=O) groups excluding carboxylic acids is 2. The molecule has 0 radical (unpaired) electrons. The van der Waals surface area contributed by atoms with Crippen molar-refractivity contribution in [3.05, 3.63) is 58.6 Å². The molecule has 0 saturated carbocycles. The fourth-order valence-electron chi connectivity index (χ4n) is 2.88. The molecule has 0 spiro atoms. The van der Waals surface area contributed by atoms with E-state index >= 15 is 0 Å².